The topological polar surface area (TPSA) is 68.5 Å². The van der Waals surface area contributed by atoms with E-state index in [1.807, 2.05) is 6.07 Å². The number of benzene rings is 1. The lowest BCUT2D eigenvalue weighted by molar-refractivity contribution is -0.142. The number of hydrogen-bond donors (Lipinski definition) is 1. The molecule has 0 radical (unpaired) electrons. The van der Waals surface area contributed by atoms with Gasteiger partial charge < -0.3 is 14.5 Å². The van der Waals surface area contributed by atoms with Crippen molar-refractivity contribution in [1.82, 2.24) is 5.32 Å². The molecule has 1 aromatic carbocycles. The van der Waals surface area contributed by atoms with Crippen LogP contribution in [0.1, 0.15) is 16.1 Å². The highest BCUT2D eigenvalue weighted by atomic mass is 16.5. The Bertz CT molecular complexity index is 563. The van der Waals surface area contributed by atoms with E-state index >= 15 is 0 Å². The number of methoxy groups -OCH3 is 1. The van der Waals surface area contributed by atoms with E-state index in [0.29, 0.717) is 11.3 Å². The molecular formula is C15H15NO4. The Labute approximate surface area is 116 Å². The van der Waals surface area contributed by atoms with Gasteiger partial charge in [0.05, 0.1) is 13.4 Å². The van der Waals surface area contributed by atoms with Gasteiger partial charge in [-0.15, -0.1) is 0 Å². The zero-order valence-electron chi connectivity index (χ0n) is 11.0. The predicted molar refractivity (Wildman–Crippen MR) is 72.1 cm³/mol. The van der Waals surface area contributed by atoms with Gasteiger partial charge in [0.2, 0.25) is 0 Å². The highest BCUT2D eigenvalue weighted by Crippen LogP contribution is 2.07. The second-order valence-electron chi connectivity index (χ2n) is 4.20. The van der Waals surface area contributed by atoms with Crippen LogP contribution in [0, 0.1) is 0 Å². The summed E-state index contributed by atoms with van der Waals surface area (Å²) in [4.78, 5) is 23.8. The lowest BCUT2D eigenvalue weighted by Gasteiger charge is -2.15. The lowest BCUT2D eigenvalue weighted by atomic mass is 10.1. The molecule has 1 unspecified atom stereocenters. The molecule has 1 aromatic heterocycles. The van der Waals surface area contributed by atoms with Crippen molar-refractivity contribution in [3.05, 3.63) is 60.1 Å². The molecular weight excluding hydrogens is 258 g/mol. The molecule has 1 N–H and O–H groups in total. The van der Waals surface area contributed by atoms with Crippen molar-refractivity contribution in [2.24, 2.45) is 0 Å². The molecule has 0 aliphatic carbocycles. The first kappa shape index (κ1) is 13.9. The summed E-state index contributed by atoms with van der Waals surface area (Å²) in [5, 5.41) is 2.65. The predicted octanol–water partition coefficient (Wildman–Crippen LogP) is 1.79. The van der Waals surface area contributed by atoms with Crippen LogP contribution in [-0.4, -0.2) is 25.0 Å². The van der Waals surface area contributed by atoms with Crippen molar-refractivity contribution < 1.29 is 18.7 Å². The normalized spacial score (nSPS) is 11.7. The maximum Gasteiger partial charge on any atom is 0.328 e. The molecule has 0 saturated carbocycles. The quantitative estimate of drug-likeness (QED) is 0.843. The minimum atomic E-state index is -0.779. The molecule has 0 spiro atoms. The Morgan fingerprint density at radius 3 is 2.55 bits per heavy atom. The number of hydrogen-bond acceptors (Lipinski definition) is 4. The molecule has 0 aliphatic heterocycles. The van der Waals surface area contributed by atoms with E-state index < -0.39 is 12.0 Å². The van der Waals surface area contributed by atoms with Crippen molar-refractivity contribution in [3.63, 3.8) is 0 Å². The number of carbonyl (C=O) groups excluding carboxylic acids is 2. The van der Waals surface area contributed by atoms with Crippen LogP contribution >= 0.6 is 0 Å². The van der Waals surface area contributed by atoms with E-state index in [1.165, 1.54) is 13.4 Å². The second-order valence-corrected chi connectivity index (χ2v) is 4.20. The number of ether oxygens (including phenoxy) is 1. The van der Waals surface area contributed by atoms with Crippen LogP contribution in [-0.2, 0) is 16.0 Å². The van der Waals surface area contributed by atoms with Gasteiger partial charge in [-0.25, -0.2) is 4.79 Å². The molecule has 0 saturated heterocycles. The smallest absolute Gasteiger partial charge is 0.328 e. The van der Waals surface area contributed by atoms with Gasteiger partial charge in [0.15, 0.2) is 0 Å². The van der Waals surface area contributed by atoms with Crippen molar-refractivity contribution in [3.8, 4) is 0 Å². The Morgan fingerprint density at radius 1 is 1.20 bits per heavy atom. The molecule has 5 heteroatoms. The molecule has 0 fully saturated rings. The van der Waals surface area contributed by atoms with Crippen molar-refractivity contribution in [2.75, 3.05) is 7.11 Å². The molecule has 0 aliphatic rings. The maximum atomic E-state index is 12.1. The Morgan fingerprint density at radius 2 is 1.95 bits per heavy atom. The fourth-order valence-electron chi connectivity index (χ4n) is 1.80. The highest BCUT2D eigenvalue weighted by Gasteiger charge is 2.23. The Balaban J connectivity index is 2.08. The summed E-state index contributed by atoms with van der Waals surface area (Å²) in [7, 11) is 1.28. The van der Waals surface area contributed by atoms with Gasteiger partial charge in [0.1, 0.15) is 11.8 Å². The van der Waals surface area contributed by atoms with Crippen LogP contribution in [0.2, 0.25) is 0 Å². The van der Waals surface area contributed by atoms with Gasteiger partial charge in [-0.05, 0) is 24.3 Å². The minimum absolute atomic E-state index is 0.248. The SMILES string of the molecule is COC(=O)C(Cc1ccco1)NC(=O)c1ccccc1. The summed E-state index contributed by atoms with van der Waals surface area (Å²) in [5.41, 5.74) is 0.487. The van der Waals surface area contributed by atoms with Gasteiger partial charge in [-0.1, -0.05) is 18.2 Å². The molecule has 1 atom stereocenters. The summed E-state index contributed by atoms with van der Waals surface area (Å²) < 4.78 is 9.89. The monoisotopic (exact) mass is 273 g/mol. The van der Waals surface area contributed by atoms with E-state index in [4.69, 9.17) is 9.15 Å². The first-order chi connectivity index (χ1) is 9.70. The first-order valence-electron chi connectivity index (χ1n) is 6.17. The molecule has 2 aromatic rings. The minimum Gasteiger partial charge on any atom is -0.469 e. The zero-order chi connectivity index (χ0) is 14.4. The number of furan rings is 1. The Kier molecular flexibility index (Phi) is 4.55. The average Bonchev–Trinajstić information content (AvgIpc) is 2.99. The Hall–Kier alpha value is -2.56. The summed E-state index contributed by atoms with van der Waals surface area (Å²) in [6.45, 7) is 0. The largest absolute Gasteiger partial charge is 0.469 e. The summed E-state index contributed by atoms with van der Waals surface area (Å²) in [6, 6.07) is 11.4. The zero-order valence-corrected chi connectivity index (χ0v) is 11.0. The van der Waals surface area contributed by atoms with Crippen LogP contribution in [0.25, 0.3) is 0 Å². The van der Waals surface area contributed by atoms with E-state index in [0.717, 1.165) is 0 Å². The van der Waals surface area contributed by atoms with Crippen molar-refractivity contribution in [2.45, 2.75) is 12.5 Å². The third-order valence-electron chi connectivity index (χ3n) is 2.81. The summed E-state index contributed by atoms with van der Waals surface area (Å²) in [6.07, 6.45) is 1.76. The number of esters is 1. The number of carbonyl (C=O) groups is 2. The molecule has 1 heterocycles. The molecule has 1 amide bonds. The van der Waals surface area contributed by atoms with Crippen LogP contribution in [0.3, 0.4) is 0 Å². The van der Waals surface area contributed by atoms with Crippen LogP contribution in [0.5, 0.6) is 0 Å². The third kappa shape index (κ3) is 3.47. The molecule has 0 bridgehead atoms. The highest BCUT2D eigenvalue weighted by molar-refractivity contribution is 5.96. The van der Waals surface area contributed by atoms with Crippen LogP contribution in [0.15, 0.2) is 53.1 Å². The van der Waals surface area contributed by atoms with E-state index in [9.17, 15) is 9.59 Å². The van der Waals surface area contributed by atoms with Gasteiger partial charge in [0, 0.05) is 12.0 Å². The summed E-state index contributed by atoms with van der Waals surface area (Å²) >= 11 is 0. The van der Waals surface area contributed by atoms with Gasteiger partial charge in [-0.2, -0.15) is 0 Å². The van der Waals surface area contributed by atoms with Gasteiger partial charge in [0.25, 0.3) is 5.91 Å². The molecule has 104 valence electrons. The first-order valence-corrected chi connectivity index (χ1v) is 6.17. The fraction of sp³-hybridized carbons (Fsp3) is 0.200. The van der Waals surface area contributed by atoms with Gasteiger partial charge >= 0.3 is 5.97 Å². The summed E-state index contributed by atoms with van der Waals surface area (Å²) in [5.74, 6) is -0.230. The van der Waals surface area contributed by atoms with E-state index in [1.54, 1.807) is 36.4 Å². The van der Waals surface area contributed by atoms with Crippen LogP contribution in [0.4, 0.5) is 0 Å². The van der Waals surface area contributed by atoms with Gasteiger partial charge in [-0.3, -0.25) is 4.79 Å². The van der Waals surface area contributed by atoms with Crippen molar-refractivity contribution >= 4 is 11.9 Å². The lowest BCUT2D eigenvalue weighted by Crippen LogP contribution is -2.43. The number of nitrogens with one attached hydrogen (secondary N) is 1. The molecule has 5 nitrogen and oxygen atoms in total. The van der Waals surface area contributed by atoms with Crippen molar-refractivity contribution in [1.29, 1.82) is 0 Å². The number of rotatable bonds is 5. The van der Waals surface area contributed by atoms with E-state index in [-0.39, 0.29) is 12.3 Å². The molecule has 20 heavy (non-hydrogen) atoms. The number of amides is 1. The average molecular weight is 273 g/mol. The third-order valence-corrected chi connectivity index (χ3v) is 2.81. The molecule has 2 rings (SSSR count). The fourth-order valence-corrected chi connectivity index (χ4v) is 1.80. The van der Waals surface area contributed by atoms with E-state index in [2.05, 4.69) is 5.32 Å². The van der Waals surface area contributed by atoms with Crippen LogP contribution < -0.4 is 5.32 Å². The standard InChI is InChI=1S/C15H15NO4/c1-19-15(18)13(10-12-8-5-9-20-12)16-14(17)11-6-3-2-4-7-11/h2-9,13H,10H2,1H3,(H,16,17). The second kappa shape index (κ2) is 6.56. The maximum absolute atomic E-state index is 12.1.